The molecule has 1 N–H and O–H groups in total. The maximum absolute atomic E-state index is 12.4. The molecule has 0 fully saturated rings. The van der Waals surface area contributed by atoms with Crippen molar-refractivity contribution < 1.29 is 27.5 Å². The molecule has 0 spiro atoms. The number of amides is 1. The molecule has 1 atom stereocenters. The summed E-state index contributed by atoms with van der Waals surface area (Å²) in [7, 11) is -4.92. The number of hydrogen-bond donors (Lipinski definition) is 1. The van der Waals surface area contributed by atoms with E-state index in [1.54, 1.807) is 31.2 Å². The van der Waals surface area contributed by atoms with Crippen LogP contribution in [-0.2, 0) is 19.7 Å². The molecule has 0 aliphatic carbocycles. The number of nitrogens with zero attached hydrogens (tertiary/aromatic N) is 3. The van der Waals surface area contributed by atoms with Gasteiger partial charge in [0.05, 0.1) is 9.82 Å². The van der Waals surface area contributed by atoms with E-state index in [-0.39, 0.29) is 37.7 Å². The number of hydrogen-bond acceptors (Lipinski definition) is 9. The van der Waals surface area contributed by atoms with E-state index in [2.05, 4.69) is 15.5 Å². The van der Waals surface area contributed by atoms with Gasteiger partial charge in [-0.2, -0.15) is 5.11 Å². The number of rotatable bonds is 7. The molecule has 30 heavy (non-hydrogen) atoms. The third-order valence-electron chi connectivity index (χ3n) is 3.75. The van der Waals surface area contributed by atoms with Crippen molar-refractivity contribution in [2.75, 3.05) is 5.32 Å². The van der Waals surface area contributed by atoms with E-state index in [0.717, 1.165) is 24.6 Å². The molecule has 13 heteroatoms. The predicted molar refractivity (Wildman–Crippen MR) is 106 cm³/mol. The van der Waals surface area contributed by atoms with Crippen LogP contribution in [0.3, 0.4) is 0 Å². The first-order valence-electron chi connectivity index (χ1n) is 8.03. The average Bonchev–Trinajstić information content (AvgIpc) is 2.62. The van der Waals surface area contributed by atoms with Gasteiger partial charge in [-0.3, -0.25) is 19.7 Å². The maximum atomic E-state index is 12.4. The number of aryl methyl sites for hydroxylation is 1. The van der Waals surface area contributed by atoms with E-state index in [4.69, 9.17) is 0 Å². The Morgan fingerprint density at radius 1 is 1.17 bits per heavy atom. The first kappa shape index (κ1) is 25.8. The van der Waals surface area contributed by atoms with E-state index in [1.165, 1.54) is 0 Å². The SMILES string of the molecule is CC(=O)C(N=Nc1ccc(S(=O)(=O)[O-])cc1[N+](=O)[O-])C(=O)Nc1ccccc1C.[Ca+2]. The first-order chi connectivity index (χ1) is 13.5. The molecule has 0 aliphatic rings. The number of carbonyl (C=O) groups excluding carboxylic acids is 2. The Morgan fingerprint density at radius 2 is 1.80 bits per heavy atom. The predicted octanol–water partition coefficient (Wildman–Crippen LogP) is 2.11. The van der Waals surface area contributed by atoms with Gasteiger partial charge in [0.1, 0.15) is 10.1 Å². The number of anilines is 1. The summed E-state index contributed by atoms with van der Waals surface area (Å²) in [5, 5.41) is 20.8. The number of nitrogens with one attached hydrogen (secondary N) is 1. The van der Waals surface area contributed by atoms with Gasteiger partial charge < -0.3 is 9.87 Å². The third-order valence-corrected chi connectivity index (χ3v) is 4.58. The second-order valence-corrected chi connectivity index (χ2v) is 7.27. The summed E-state index contributed by atoms with van der Waals surface area (Å²) in [6.45, 7) is 2.84. The number of carbonyl (C=O) groups is 2. The van der Waals surface area contributed by atoms with Crippen molar-refractivity contribution in [1.82, 2.24) is 0 Å². The molecule has 0 aromatic heterocycles. The largest absolute Gasteiger partial charge is 2.00 e. The summed E-state index contributed by atoms with van der Waals surface area (Å²) in [5.41, 5.74) is -0.0373. The van der Waals surface area contributed by atoms with E-state index in [1.807, 2.05) is 0 Å². The maximum Gasteiger partial charge on any atom is 2.00 e. The van der Waals surface area contributed by atoms with Crippen molar-refractivity contribution in [2.24, 2.45) is 10.2 Å². The van der Waals surface area contributed by atoms with Gasteiger partial charge in [0.25, 0.3) is 11.6 Å². The Kier molecular flexibility index (Phi) is 9.18. The summed E-state index contributed by atoms with van der Waals surface area (Å²) in [5.74, 6) is -1.46. The number of azo groups is 1. The second-order valence-electron chi connectivity index (χ2n) is 5.89. The van der Waals surface area contributed by atoms with Crippen LogP contribution in [0.1, 0.15) is 12.5 Å². The topological polar surface area (TPSA) is 171 Å². The summed E-state index contributed by atoms with van der Waals surface area (Å²) >= 11 is 0. The quantitative estimate of drug-likeness (QED) is 0.165. The Hall–Kier alpha value is -2.25. The number of nitro groups is 1. The molecule has 2 rings (SSSR count). The number of Topliss-reactive ketones (excluding diaryl/α,β-unsaturated/α-hetero) is 1. The Bertz CT molecular complexity index is 1120. The smallest absolute Gasteiger partial charge is 0.744 e. The van der Waals surface area contributed by atoms with Gasteiger partial charge in [0.2, 0.25) is 6.04 Å². The molecular formula is C17H15CaN4O7S+. The molecule has 0 radical (unpaired) electrons. The number of para-hydroxylation sites is 1. The van der Waals surface area contributed by atoms with Crippen LogP contribution in [0.15, 0.2) is 57.6 Å². The van der Waals surface area contributed by atoms with E-state index in [0.29, 0.717) is 11.8 Å². The molecule has 1 amide bonds. The minimum atomic E-state index is -4.92. The summed E-state index contributed by atoms with van der Waals surface area (Å²) in [4.78, 5) is 33.6. The molecule has 152 valence electrons. The zero-order chi connectivity index (χ0) is 21.8. The standard InChI is InChI=1S/C17H16N4O7S.Ca/c1-10-5-3-4-6-13(10)18-17(23)16(11(2)22)20-19-14-8-7-12(29(26,27)28)9-15(14)21(24)25;/h3-9,16H,1-2H3,(H,18,23)(H,26,27,28);/q;+2/p-1. The van der Waals surface area contributed by atoms with E-state index >= 15 is 0 Å². The fraction of sp³-hybridized carbons (Fsp3) is 0.176. The molecular weight excluding hydrogens is 444 g/mol. The number of benzene rings is 2. The van der Waals surface area contributed by atoms with E-state index in [9.17, 15) is 32.7 Å². The zero-order valence-corrected chi connectivity index (χ0v) is 19.0. The molecule has 1 unspecified atom stereocenters. The van der Waals surface area contributed by atoms with Gasteiger partial charge in [-0.15, -0.1) is 5.11 Å². The van der Waals surface area contributed by atoms with Gasteiger partial charge in [-0.05, 0) is 37.6 Å². The molecule has 0 heterocycles. The van der Waals surface area contributed by atoms with E-state index < -0.39 is 49.0 Å². The zero-order valence-electron chi connectivity index (χ0n) is 15.9. The van der Waals surface area contributed by atoms with Crippen molar-refractivity contribution in [3.8, 4) is 0 Å². The third kappa shape index (κ3) is 6.64. The molecule has 0 saturated heterocycles. The van der Waals surface area contributed by atoms with Crippen LogP contribution in [0.25, 0.3) is 0 Å². The van der Waals surface area contributed by atoms with Crippen molar-refractivity contribution >= 4 is 76.6 Å². The Balaban J connectivity index is 0.00000450. The molecule has 2 aromatic rings. The van der Waals surface area contributed by atoms with Crippen LogP contribution in [0, 0.1) is 17.0 Å². The van der Waals surface area contributed by atoms with Gasteiger partial charge in [-0.1, -0.05) is 18.2 Å². The van der Waals surface area contributed by atoms with Crippen LogP contribution in [-0.4, -0.2) is 73.4 Å². The van der Waals surface area contributed by atoms with Gasteiger partial charge in [-0.25, -0.2) is 8.42 Å². The van der Waals surface area contributed by atoms with Crippen LogP contribution in [0.4, 0.5) is 17.1 Å². The normalized spacial score (nSPS) is 12.1. The van der Waals surface area contributed by atoms with Crippen molar-refractivity contribution in [3.63, 3.8) is 0 Å². The number of nitro benzene ring substituents is 1. The van der Waals surface area contributed by atoms with Crippen molar-refractivity contribution in [1.29, 1.82) is 0 Å². The Morgan fingerprint density at radius 3 is 2.33 bits per heavy atom. The molecule has 0 saturated carbocycles. The second kappa shape index (κ2) is 10.7. The van der Waals surface area contributed by atoms with Crippen molar-refractivity contribution in [2.45, 2.75) is 24.8 Å². The Labute approximate surface area is 201 Å². The van der Waals surface area contributed by atoms with Crippen LogP contribution < -0.4 is 5.32 Å². The molecule has 0 bridgehead atoms. The van der Waals surface area contributed by atoms with Gasteiger partial charge >= 0.3 is 37.7 Å². The van der Waals surface area contributed by atoms with Gasteiger partial charge in [0, 0.05) is 11.8 Å². The minimum Gasteiger partial charge on any atom is -0.744 e. The summed E-state index contributed by atoms with van der Waals surface area (Å²) in [6.07, 6.45) is 0. The molecule has 2 aromatic carbocycles. The molecule has 11 nitrogen and oxygen atoms in total. The summed E-state index contributed by atoms with van der Waals surface area (Å²) in [6, 6.07) is 7.47. The summed E-state index contributed by atoms with van der Waals surface area (Å²) < 4.78 is 33.1. The monoisotopic (exact) mass is 459 g/mol. The minimum absolute atomic E-state index is 0. The average molecular weight is 459 g/mol. The van der Waals surface area contributed by atoms with Crippen LogP contribution in [0.5, 0.6) is 0 Å². The van der Waals surface area contributed by atoms with Crippen LogP contribution >= 0.6 is 0 Å². The van der Waals surface area contributed by atoms with Crippen LogP contribution in [0.2, 0.25) is 0 Å². The molecule has 0 aliphatic heterocycles. The van der Waals surface area contributed by atoms with Crippen molar-refractivity contribution in [3.05, 3.63) is 58.1 Å². The first-order valence-corrected chi connectivity index (χ1v) is 9.43. The fourth-order valence-corrected chi connectivity index (χ4v) is 2.73. The van der Waals surface area contributed by atoms with Gasteiger partial charge in [0.15, 0.2) is 11.5 Å². The fourth-order valence-electron chi connectivity index (χ4n) is 2.24. The number of ketones is 1.